The van der Waals surface area contributed by atoms with Gasteiger partial charge in [0.25, 0.3) is 0 Å². The minimum atomic E-state index is -0.474. The van der Waals surface area contributed by atoms with Gasteiger partial charge in [-0.25, -0.2) is 0 Å². The van der Waals surface area contributed by atoms with Crippen LogP contribution in [0.1, 0.15) is 54.4 Å². The molecule has 1 saturated heterocycles. The summed E-state index contributed by atoms with van der Waals surface area (Å²) in [6, 6.07) is 0. The topological polar surface area (TPSA) is 20.2 Å². The van der Waals surface area contributed by atoms with Gasteiger partial charge in [0.2, 0.25) is 0 Å². The van der Waals surface area contributed by atoms with Crippen molar-refractivity contribution >= 4 is 11.8 Å². The Morgan fingerprint density at radius 3 is 1.64 bits per heavy atom. The van der Waals surface area contributed by atoms with Crippen molar-refractivity contribution in [3.8, 4) is 0 Å². The lowest BCUT2D eigenvalue weighted by Gasteiger charge is -2.50. The summed E-state index contributed by atoms with van der Waals surface area (Å²) in [5, 5.41) is 10.6. The fourth-order valence-corrected chi connectivity index (χ4v) is 4.91. The van der Waals surface area contributed by atoms with Crippen LogP contribution < -0.4 is 0 Å². The predicted octanol–water partition coefficient (Wildman–Crippen LogP) is 3.46. The third kappa shape index (κ3) is 2.66. The van der Waals surface area contributed by atoms with Crippen molar-refractivity contribution in [2.75, 3.05) is 0 Å². The Morgan fingerprint density at radius 2 is 1.36 bits per heavy atom. The van der Waals surface area contributed by atoms with Gasteiger partial charge in [-0.2, -0.15) is 0 Å². The molecular weight excluding hydrogens is 192 g/mol. The summed E-state index contributed by atoms with van der Waals surface area (Å²) in [5.74, 6) is 0.349. The van der Waals surface area contributed by atoms with Crippen LogP contribution in [0.15, 0.2) is 0 Å². The molecule has 0 aromatic heterocycles. The predicted molar refractivity (Wildman–Crippen MR) is 64.8 cm³/mol. The summed E-state index contributed by atoms with van der Waals surface area (Å²) >= 11 is 2.01. The molecule has 1 aliphatic heterocycles. The van der Waals surface area contributed by atoms with Gasteiger partial charge in [0.05, 0.1) is 5.60 Å². The Labute approximate surface area is 92.7 Å². The van der Waals surface area contributed by atoms with Gasteiger partial charge in [-0.15, -0.1) is 11.8 Å². The van der Waals surface area contributed by atoms with Crippen molar-refractivity contribution in [2.45, 2.75) is 69.5 Å². The van der Waals surface area contributed by atoms with E-state index in [1.165, 1.54) is 0 Å². The van der Waals surface area contributed by atoms with Crippen LogP contribution in [0.5, 0.6) is 0 Å². The number of aliphatic hydroxyl groups is 1. The molecule has 0 spiro atoms. The van der Waals surface area contributed by atoms with Crippen LogP contribution in [0.3, 0.4) is 0 Å². The second-order valence-electron chi connectivity index (χ2n) is 6.23. The van der Waals surface area contributed by atoms with Gasteiger partial charge in [0.1, 0.15) is 0 Å². The molecule has 1 nitrogen and oxygen atoms in total. The fraction of sp³-hybridized carbons (Fsp3) is 1.00. The third-order valence-corrected chi connectivity index (χ3v) is 4.48. The highest BCUT2D eigenvalue weighted by atomic mass is 32.2. The maximum Gasteiger partial charge on any atom is 0.0696 e. The van der Waals surface area contributed by atoms with Gasteiger partial charge in [-0.3, -0.25) is 0 Å². The molecule has 14 heavy (non-hydrogen) atoms. The average Bonchev–Trinajstić information content (AvgIpc) is 1.76. The number of rotatable bonds is 1. The Hall–Kier alpha value is 0.310. The van der Waals surface area contributed by atoms with Crippen LogP contribution in [-0.2, 0) is 0 Å². The molecule has 84 valence electrons. The molecule has 1 aliphatic rings. The van der Waals surface area contributed by atoms with E-state index in [4.69, 9.17) is 0 Å². The van der Waals surface area contributed by atoms with E-state index in [-0.39, 0.29) is 9.49 Å². The van der Waals surface area contributed by atoms with Gasteiger partial charge < -0.3 is 5.11 Å². The van der Waals surface area contributed by atoms with E-state index in [2.05, 4.69) is 41.5 Å². The molecule has 0 amide bonds. The summed E-state index contributed by atoms with van der Waals surface area (Å²) < 4.78 is 0.390. The molecule has 0 aromatic carbocycles. The molecule has 0 aliphatic carbocycles. The highest BCUT2D eigenvalue weighted by Crippen LogP contribution is 2.52. The van der Waals surface area contributed by atoms with Gasteiger partial charge in [0, 0.05) is 9.49 Å². The van der Waals surface area contributed by atoms with E-state index >= 15 is 0 Å². The molecule has 1 fully saturated rings. The van der Waals surface area contributed by atoms with Crippen LogP contribution in [0.4, 0.5) is 0 Å². The Morgan fingerprint density at radius 1 is 1.00 bits per heavy atom. The lowest BCUT2D eigenvalue weighted by molar-refractivity contribution is -0.0382. The standard InChI is InChI=1S/C12H24OS/c1-9(2)12(13)7-10(3,4)14-11(5,6)8-12/h9,13H,7-8H2,1-6H3. The lowest BCUT2D eigenvalue weighted by atomic mass is 9.76. The molecule has 0 atom stereocenters. The average molecular weight is 216 g/mol. The van der Waals surface area contributed by atoms with Gasteiger partial charge in [-0.05, 0) is 18.8 Å². The zero-order chi connectivity index (χ0) is 11.2. The maximum atomic E-state index is 10.6. The fourth-order valence-electron chi connectivity index (χ4n) is 2.77. The molecular formula is C12H24OS. The van der Waals surface area contributed by atoms with Crippen molar-refractivity contribution in [2.24, 2.45) is 5.92 Å². The zero-order valence-electron chi connectivity index (χ0n) is 10.3. The Balaban J connectivity index is 2.92. The quantitative estimate of drug-likeness (QED) is 0.724. The summed E-state index contributed by atoms with van der Waals surface area (Å²) in [6.07, 6.45) is 1.82. The van der Waals surface area contributed by atoms with Gasteiger partial charge in [-0.1, -0.05) is 41.5 Å². The maximum absolute atomic E-state index is 10.6. The molecule has 0 unspecified atom stereocenters. The summed E-state index contributed by atoms with van der Waals surface area (Å²) in [5.41, 5.74) is -0.474. The Bertz CT molecular complexity index is 202. The number of hydrogen-bond donors (Lipinski definition) is 1. The van der Waals surface area contributed by atoms with Crippen LogP contribution in [0.25, 0.3) is 0 Å². The van der Waals surface area contributed by atoms with E-state index in [1.54, 1.807) is 0 Å². The number of hydrogen-bond acceptors (Lipinski definition) is 2. The van der Waals surface area contributed by atoms with E-state index in [0.717, 1.165) is 12.8 Å². The van der Waals surface area contributed by atoms with Crippen molar-refractivity contribution in [1.29, 1.82) is 0 Å². The van der Waals surface area contributed by atoms with Crippen LogP contribution in [0.2, 0.25) is 0 Å². The highest BCUT2D eigenvalue weighted by Gasteiger charge is 2.48. The zero-order valence-corrected chi connectivity index (χ0v) is 11.2. The molecule has 0 bridgehead atoms. The minimum Gasteiger partial charge on any atom is -0.390 e. The van der Waals surface area contributed by atoms with E-state index in [9.17, 15) is 5.11 Å². The largest absolute Gasteiger partial charge is 0.390 e. The van der Waals surface area contributed by atoms with Crippen molar-refractivity contribution in [3.63, 3.8) is 0 Å². The smallest absolute Gasteiger partial charge is 0.0696 e. The van der Waals surface area contributed by atoms with Gasteiger partial charge in [0.15, 0.2) is 0 Å². The van der Waals surface area contributed by atoms with Crippen molar-refractivity contribution in [3.05, 3.63) is 0 Å². The first-order valence-electron chi connectivity index (χ1n) is 5.49. The van der Waals surface area contributed by atoms with Gasteiger partial charge >= 0.3 is 0 Å². The van der Waals surface area contributed by atoms with Crippen molar-refractivity contribution < 1.29 is 5.11 Å². The highest BCUT2D eigenvalue weighted by molar-refractivity contribution is 8.02. The Kier molecular flexibility index (Phi) is 3.02. The molecule has 0 saturated carbocycles. The normalized spacial score (nSPS) is 29.1. The molecule has 0 aromatic rings. The van der Waals surface area contributed by atoms with Crippen LogP contribution in [0, 0.1) is 5.92 Å². The second-order valence-corrected chi connectivity index (χ2v) is 8.65. The minimum absolute atomic E-state index is 0.195. The summed E-state index contributed by atoms with van der Waals surface area (Å²) in [4.78, 5) is 0. The molecule has 1 heterocycles. The summed E-state index contributed by atoms with van der Waals surface area (Å²) in [6.45, 7) is 13.2. The molecule has 2 heteroatoms. The molecule has 1 rings (SSSR count). The first-order valence-corrected chi connectivity index (χ1v) is 6.31. The lowest BCUT2D eigenvalue weighted by Crippen LogP contribution is -2.51. The van der Waals surface area contributed by atoms with E-state index in [0.29, 0.717) is 5.92 Å². The monoisotopic (exact) mass is 216 g/mol. The second kappa shape index (κ2) is 3.41. The first-order chi connectivity index (χ1) is 6.06. The summed E-state index contributed by atoms with van der Waals surface area (Å²) in [7, 11) is 0. The first kappa shape index (κ1) is 12.4. The number of thioether (sulfide) groups is 1. The third-order valence-electron chi connectivity index (χ3n) is 3.09. The van der Waals surface area contributed by atoms with Crippen LogP contribution in [-0.4, -0.2) is 20.2 Å². The van der Waals surface area contributed by atoms with E-state index < -0.39 is 5.60 Å². The molecule has 0 radical (unpaired) electrons. The van der Waals surface area contributed by atoms with Crippen LogP contribution >= 0.6 is 11.8 Å². The molecule has 1 N–H and O–H groups in total. The van der Waals surface area contributed by atoms with Crippen molar-refractivity contribution in [1.82, 2.24) is 0 Å². The van der Waals surface area contributed by atoms with E-state index in [1.807, 2.05) is 11.8 Å². The SMILES string of the molecule is CC(C)C1(O)CC(C)(C)SC(C)(C)C1.